The number of allylic oxidation sites excluding steroid dienone is 1. The average Bonchev–Trinajstić information content (AvgIpc) is 2.05. The van der Waals surface area contributed by atoms with Gasteiger partial charge in [0.1, 0.15) is 11.5 Å². The van der Waals surface area contributed by atoms with Crippen molar-refractivity contribution >= 4 is 0 Å². The second-order valence-electron chi connectivity index (χ2n) is 2.52. The lowest BCUT2D eigenvalue weighted by molar-refractivity contribution is 0.0356. The maximum atomic E-state index is 5.79. The smallest absolute Gasteiger partial charge is 0.142 e. The molecule has 3 nitrogen and oxygen atoms in total. The first kappa shape index (κ1) is 8.30. The first-order valence-electron chi connectivity index (χ1n) is 3.47. The lowest BCUT2D eigenvalue weighted by Crippen LogP contribution is -2.40. The number of rotatable bonds is 2. The third-order valence-corrected chi connectivity index (χ3v) is 1.72. The van der Waals surface area contributed by atoms with Gasteiger partial charge in [0.15, 0.2) is 0 Å². The lowest BCUT2D eigenvalue weighted by atomic mass is 10.0. The Morgan fingerprint density at radius 1 is 1.55 bits per heavy atom. The van der Waals surface area contributed by atoms with Crippen molar-refractivity contribution in [1.82, 2.24) is 0 Å². The van der Waals surface area contributed by atoms with Crippen LogP contribution in [0.2, 0.25) is 0 Å². The van der Waals surface area contributed by atoms with E-state index in [1.54, 1.807) is 20.3 Å². The molecule has 1 atom stereocenters. The second-order valence-corrected chi connectivity index (χ2v) is 2.52. The van der Waals surface area contributed by atoms with Crippen molar-refractivity contribution in [3.05, 3.63) is 24.0 Å². The monoisotopic (exact) mass is 155 g/mol. The van der Waals surface area contributed by atoms with E-state index >= 15 is 0 Å². The van der Waals surface area contributed by atoms with Gasteiger partial charge >= 0.3 is 0 Å². The molecule has 0 aromatic heterocycles. The Hall–Kier alpha value is -0.800. The van der Waals surface area contributed by atoms with Gasteiger partial charge < -0.3 is 9.47 Å². The molecule has 0 aromatic rings. The molecule has 0 spiro atoms. The van der Waals surface area contributed by atoms with Gasteiger partial charge in [-0.15, -0.1) is 0 Å². The maximum Gasteiger partial charge on any atom is 0.142 e. The fourth-order valence-electron chi connectivity index (χ4n) is 0.976. The minimum Gasteiger partial charge on any atom is -0.497 e. The van der Waals surface area contributed by atoms with E-state index in [0.717, 1.165) is 5.76 Å². The number of hydrogen-bond donors (Lipinski definition) is 1. The largest absolute Gasteiger partial charge is 0.497 e. The van der Waals surface area contributed by atoms with Gasteiger partial charge in [0, 0.05) is 19.6 Å². The van der Waals surface area contributed by atoms with Gasteiger partial charge in [0.25, 0.3) is 0 Å². The lowest BCUT2D eigenvalue weighted by Gasteiger charge is -2.25. The van der Waals surface area contributed by atoms with E-state index in [0.29, 0.717) is 6.42 Å². The van der Waals surface area contributed by atoms with Crippen molar-refractivity contribution in [2.24, 2.45) is 5.73 Å². The molecule has 1 aliphatic rings. The zero-order valence-electron chi connectivity index (χ0n) is 6.83. The van der Waals surface area contributed by atoms with E-state index in [1.165, 1.54) is 0 Å². The second kappa shape index (κ2) is 3.07. The van der Waals surface area contributed by atoms with Gasteiger partial charge in [-0.2, -0.15) is 0 Å². The quantitative estimate of drug-likeness (QED) is 0.599. The number of hydrogen-bond acceptors (Lipinski definition) is 3. The predicted octanol–water partition coefficient (Wildman–Crippen LogP) is 0.778. The zero-order chi connectivity index (χ0) is 8.32. The first-order chi connectivity index (χ1) is 5.20. The molecule has 2 N–H and O–H groups in total. The summed E-state index contributed by atoms with van der Waals surface area (Å²) in [5, 5.41) is 0. The molecule has 0 radical (unpaired) electrons. The molecule has 0 amide bonds. The summed E-state index contributed by atoms with van der Waals surface area (Å²) in [6.07, 6.45) is 6.27. The highest BCUT2D eigenvalue weighted by Gasteiger charge is 2.23. The molecule has 0 saturated carbocycles. The number of ether oxygens (including phenoxy) is 2. The van der Waals surface area contributed by atoms with Crippen LogP contribution >= 0.6 is 0 Å². The summed E-state index contributed by atoms with van der Waals surface area (Å²) >= 11 is 0. The van der Waals surface area contributed by atoms with Crippen LogP contribution < -0.4 is 5.73 Å². The van der Waals surface area contributed by atoms with Gasteiger partial charge in [0.05, 0.1) is 7.11 Å². The standard InChI is InChI=1S/C8H13NO2/c1-10-7-4-3-5-8(9,6-7)11-2/h3-4,6H,5,9H2,1-2H3. The Balaban J connectivity index is 2.75. The minimum absolute atomic E-state index is 0.680. The molecule has 0 heterocycles. The molecule has 1 aliphatic carbocycles. The van der Waals surface area contributed by atoms with E-state index in [4.69, 9.17) is 15.2 Å². The minimum atomic E-state index is -0.680. The zero-order valence-corrected chi connectivity index (χ0v) is 6.83. The summed E-state index contributed by atoms with van der Waals surface area (Å²) < 4.78 is 10.1. The topological polar surface area (TPSA) is 44.5 Å². The van der Waals surface area contributed by atoms with E-state index < -0.39 is 5.72 Å². The van der Waals surface area contributed by atoms with Crippen molar-refractivity contribution in [1.29, 1.82) is 0 Å². The van der Waals surface area contributed by atoms with Crippen LogP contribution in [-0.2, 0) is 9.47 Å². The highest BCUT2D eigenvalue weighted by Crippen LogP contribution is 2.19. The van der Waals surface area contributed by atoms with Crippen LogP contribution in [-0.4, -0.2) is 19.9 Å². The van der Waals surface area contributed by atoms with Crippen LogP contribution in [0, 0.1) is 0 Å². The van der Waals surface area contributed by atoms with Crippen LogP contribution in [0.15, 0.2) is 24.0 Å². The Labute approximate surface area is 66.5 Å². The van der Waals surface area contributed by atoms with Crippen LogP contribution in [0.5, 0.6) is 0 Å². The van der Waals surface area contributed by atoms with Gasteiger partial charge in [-0.3, -0.25) is 5.73 Å². The number of nitrogens with two attached hydrogens (primary N) is 1. The summed E-state index contributed by atoms with van der Waals surface area (Å²) in [5.41, 5.74) is 5.11. The van der Waals surface area contributed by atoms with Crippen molar-refractivity contribution in [2.75, 3.05) is 14.2 Å². The summed E-state index contributed by atoms with van der Waals surface area (Å²) in [7, 11) is 3.19. The Bertz CT molecular complexity index is 198. The van der Waals surface area contributed by atoms with Crippen molar-refractivity contribution in [3.63, 3.8) is 0 Å². The molecule has 11 heavy (non-hydrogen) atoms. The fraction of sp³-hybridized carbons (Fsp3) is 0.500. The molecular weight excluding hydrogens is 142 g/mol. The normalized spacial score (nSPS) is 29.9. The van der Waals surface area contributed by atoms with Crippen molar-refractivity contribution in [3.8, 4) is 0 Å². The third-order valence-electron chi connectivity index (χ3n) is 1.72. The summed E-state index contributed by atoms with van der Waals surface area (Å²) in [4.78, 5) is 0. The highest BCUT2D eigenvalue weighted by atomic mass is 16.5. The first-order valence-corrected chi connectivity index (χ1v) is 3.47. The van der Waals surface area contributed by atoms with E-state index in [-0.39, 0.29) is 0 Å². The van der Waals surface area contributed by atoms with Crippen LogP contribution in [0.1, 0.15) is 6.42 Å². The molecule has 0 fully saturated rings. The van der Waals surface area contributed by atoms with E-state index in [1.807, 2.05) is 12.2 Å². The third kappa shape index (κ3) is 1.82. The molecule has 62 valence electrons. The molecule has 0 aromatic carbocycles. The molecule has 0 bridgehead atoms. The van der Waals surface area contributed by atoms with E-state index in [9.17, 15) is 0 Å². The highest BCUT2D eigenvalue weighted by molar-refractivity contribution is 5.22. The Morgan fingerprint density at radius 2 is 2.27 bits per heavy atom. The van der Waals surface area contributed by atoms with Gasteiger partial charge in [-0.25, -0.2) is 0 Å². The predicted molar refractivity (Wildman–Crippen MR) is 42.8 cm³/mol. The van der Waals surface area contributed by atoms with Gasteiger partial charge in [-0.1, -0.05) is 6.08 Å². The molecule has 0 aliphatic heterocycles. The summed E-state index contributed by atoms with van der Waals surface area (Å²) in [5.74, 6) is 0.751. The van der Waals surface area contributed by atoms with Gasteiger partial charge in [-0.05, 0) is 6.08 Å². The van der Waals surface area contributed by atoms with Crippen molar-refractivity contribution < 1.29 is 9.47 Å². The Kier molecular flexibility index (Phi) is 2.31. The maximum absolute atomic E-state index is 5.79. The summed E-state index contributed by atoms with van der Waals surface area (Å²) in [6.45, 7) is 0. The Morgan fingerprint density at radius 3 is 2.82 bits per heavy atom. The average molecular weight is 155 g/mol. The molecule has 1 rings (SSSR count). The fourth-order valence-corrected chi connectivity index (χ4v) is 0.976. The van der Waals surface area contributed by atoms with Crippen LogP contribution in [0.4, 0.5) is 0 Å². The number of methoxy groups -OCH3 is 2. The molecular formula is C8H13NO2. The molecule has 3 heteroatoms. The van der Waals surface area contributed by atoms with Gasteiger partial charge in [0.2, 0.25) is 0 Å². The molecule has 1 unspecified atom stereocenters. The SMILES string of the molecule is COC1=CC(N)(OC)CC=C1. The van der Waals surface area contributed by atoms with Crippen LogP contribution in [0.25, 0.3) is 0 Å². The summed E-state index contributed by atoms with van der Waals surface area (Å²) in [6, 6.07) is 0. The van der Waals surface area contributed by atoms with Crippen molar-refractivity contribution in [2.45, 2.75) is 12.1 Å². The van der Waals surface area contributed by atoms with Crippen LogP contribution in [0.3, 0.4) is 0 Å². The van der Waals surface area contributed by atoms with E-state index in [2.05, 4.69) is 0 Å². The molecule has 0 saturated heterocycles.